The molecule has 0 bridgehead atoms. The molecular weight excluding hydrogens is 300 g/mol. The summed E-state index contributed by atoms with van der Waals surface area (Å²) in [6.45, 7) is 1.87. The number of carbonyl (C=O) groups is 1. The highest BCUT2D eigenvalue weighted by molar-refractivity contribution is 6.34. The van der Waals surface area contributed by atoms with Crippen LogP contribution in [-0.2, 0) is 0 Å². The number of hydrogen-bond acceptors (Lipinski definition) is 2. The number of hydrogen-bond donors (Lipinski definition) is 2. The Kier molecular flexibility index (Phi) is 3.69. The van der Waals surface area contributed by atoms with E-state index in [9.17, 15) is 9.59 Å². The molecule has 0 spiro atoms. The van der Waals surface area contributed by atoms with Crippen LogP contribution < -0.4 is 10.9 Å². The average molecular weight is 313 g/mol. The molecule has 0 saturated heterocycles. The molecule has 0 aliphatic heterocycles. The van der Waals surface area contributed by atoms with Gasteiger partial charge in [0, 0.05) is 17.1 Å². The molecule has 0 atom stereocenters. The number of pyridine rings is 1. The van der Waals surface area contributed by atoms with Crippen LogP contribution >= 0.6 is 11.6 Å². The van der Waals surface area contributed by atoms with Gasteiger partial charge in [0.1, 0.15) is 0 Å². The molecule has 1 heterocycles. The maximum Gasteiger partial charge on any atom is 0.255 e. The van der Waals surface area contributed by atoms with Gasteiger partial charge in [0.15, 0.2) is 0 Å². The molecule has 0 radical (unpaired) electrons. The molecule has 4 nitrogen and oxygen atoms in total. The van der Waals surface area contributed by atoms with Crippen LogP contribution in [0.3, 0.4) is 0 Å². The van der Waals surface area contributed by atoms with Gasteiger partial charge >= 0.3 is 0 Å². The predicted molar refractivity (Wildman–Crippen MR) is 88.7 cm³/mol. The lowest BCUT2D eigenvalue weighted by atomic mass is 10.1. The number of aromatic amines is 1. The molecule has 2 aromatic carbocycles. The minimum Gasteiger partial charge on any atom is -0.329 e. The first-order valence-corrected chi connectivity index (χ1v) is 7.12. The smallest absolute Gasteiger partial charge is 0.255 e. The monoisotopic (exact) mass is 312 g/mol. The van der Waals surface area contributed by atoms with Gasteiger partial charge in [-0.15, -0.1) is 0 Å². The lowest BCUT2D eigenvalue weighted by Crippen LogP contribution is -2.14. The van der Waals surface area contributed by atoms with E-state index in [1.807, 2.05) is 25.1 Å². The second kappa shape index (κ2) is 5.66. The van der Waals surface area contributed by atoms with Crippen molar-refractivity contribution in [3.8, 4) is 0 Å². The number of amides is 1. The number of fused-ring (bicyclic) bond motifs is 1. The molecule has 0 unspecified atom stereocenters. The summed E-state index contributed by atoms with van der Waals surface area (Å²) in [5.74, 6) is -0.232. The molecule has 2 N–H and O–H groups in total. The molecule has 0 aliphatic carbocycles. The van der Waals surface area contributed by atoms with Crippen LogP contribution in [0.25, 0.3) is 10.8 Å². The Labute approximate surface area is 131 Å². The number of aryl methyl sites for hydroxylation is 1. The van der Waals surface area contributed by atoms with Gasteiger partial charge in [-0.3, -0.25) is 9.59 Å². The van der Waals surface area contributed by atoms with Gasteiger partial charge in [-0.2, -0.15) is 0 Å². The van der Waals surface area contributed by atoms with Gasteiger partial charge in [0.05, 0.1) is 10.7 Å². The van der Waals surface area contributed by atoms with E-state index in [2.05, 4.69) is 10.3 Å². The first kappa shape index (κ1) is 14.4. The number of aromatic nitrogens is 1. The number of benzene rings is 2. The molecule has 0 saturated carbocycles. The number of nitrogens with one attached hydrogen (secondary N) is 2. The Bertz CT molecular complexity index is 931. The normalized spacial score (nSPS) is 10.6. The largest absolute Gasteiger partial charge is 0.329 e. The van der Waals surface area contributed by atoms with Crippen LogP contribution in [0.2, 0.25) is 5.02 Å². The summed E-state index contributed by atoms with van der Waals surface area (Å²) in [6, 6.07) is 12.3. The number of rotatable bonds is 2. The fourth-order valence-electron chi connectivity index (χ4n) is 2.32. The second-order valence-electron chi connectivity index (χ2n) is 5.00. The van der Waals surface area contributed by atoms with Gasteiger partial charge < -0.3 is 10.3 Å². The first-order chi connectivity index (χ1) is 10.6. The Morgan fingerprint density at radius 3 is 2.73 bits per heavy atom. The molecule has 1 amide bonds. The Hall–Kier alpha value is -2.59. The average Bonchev–Trinajstić information content (AvgIpc) is 2.49. The highest BCUT2D eigenvalue weighted by Crippen LogP contribution is 2.27. The minimum absolute atomic E-state index is 0.212. The van der Waals surface area contributed by atoms with E-state index in [0.717, 1.165) is 5.56 Å². The van der Waals surface area contributed by atoms with E-state index in [4.69, 9.17) is 11.6 Å². The topological polar surface area (TPSA) is 62.0 Å². The van der Waals surface area contributed by atoms with Gasteiger partial charge in [-0.05, 0) is 42.1 Å². The van der Waals surface area contributed by atoms with Gasteiger partial charge in [-0.1, -0.05) is 29.8 Å². The van der Waals surface area contributed by atoms with Crippen molar-refractivity contribution in [3.63, 3.8) is 0 Å². The van der Waals surface area contributed by atoms with Crippen molar-refractivity contribution in [3.05, 3.63) is 75.2 Å². The molecule has 3 aromatic rings. The maximum atomic E-state index is 12.4. The molecule has 3 rings (SSSR count). The minimum atomic E-state index is -0.232. The van der Waals surface area contributed by atoms with Crippen molar-refractivity contribution < 1.29 is 4.79 Å². The third-order valence-electron chi connectivity index (χ3n) is 3.50. The van der Waals surface area contributed by atoms with Crippen molar-refractivity contribution >= 4 is 34.0 Å². The summed E-state index contributed by atoms with van der Waals surface area (Å²) in [5, 5.41) is 4.32. The zero-order valence-electron chi connectivity index (χ0n) is 11.8. The molecule has 1 aromatic heterocycles. The van der Waals surface area contributed by atoms with Crippen molar-refractivity contribution in [1.29, 1.82) is 0 Å². The summed E-state index contributed by atoms with van der Waals surface area (Å²) in [4.78, 5) is 26.7. The summed E-state index contributed by atoms with van der Waals surface area (Å²) in [7, 11) is 0. The fourth-order valence-corrected chi connectivity index (χ4v) is 2.53. The molecular formula is C17H13ClN2O2. The molecule has 110 valence electrons. The third-order valence-corrected chi connectivity index (χ3v) is 3.81. The number of halogens is 1. The molecule has 0 fully saturated rings. The van der Waals surface area contributed by atoms with E-state index in [1.54, 1.807) is 30.5 Å². The van der Waals surface area contributed by atoms with Crippen LogP contribution in [0.4, 0.5) is 5.69 Å². The summed E-state index contributed by atoms with van der Waals surface area (Å²) in [5.41, 5.74) is 1.74. The van der Waals surface area contributed by atoms with E-state index in [-0.39, 0.29) is 11.5 Å². The van der Waals surface area contributed by atoms with Crippen LogP contribution in [0, 0.1) is 6.92 Å². The molecule has 0 aliphatic rings. The predicted octanol–water partition coefficient (Wildman–Crippen LogP) is 3.74. The zero-order valence-corrected chi connectivity index (χ0v) is 12.6. The molecule has 5 heteroatoms. The summed E-state index contributed by atoms with van der Waals surface area (Å²) in [6.07, 6.45) is 1.56. The molecule has 22 heavy (non-hydrogen) atoms. The highest BCUT2D eigenvalue weighted by atomic mass is 35.5. The van der Waals surface area contributed by atoms with Crippen molar-refractivity contribution in [2.75, 3.05) is 5.32 Å². The number of H-pyrrole nitrogens is 1. The van der Waals surface area contributed by atoms with Crippen molar-refractivity contribution in [2.24, 2.45) is 0 Å². The van der Waals surface area contributed by atoms with Crippen molar-refractivity contribution in [1.82, 2.24) is 4.98 Å². The lowest BCUT2D eigenvalue weighted by Gasteiger charge is -2.10. The summed E-state index contributed by atoms with van der Waals surface area (Å²) < 4.78 is 0. The SMILES string of the molecule is Cc1ccccc1C(=O)Nc1cc2cc[nH]c(=O)c2cc1Cl. The first-order valence-electron chi connectivity index (χ1n) is 6.74. The Morgan fingerprint density at radius 1 is 1.18 bits per heavy atom. The van der Waals surface area contributed by atoms with Crippen LogP contribution in [0.15, 0.2) is 53.5 Å². The van der Waals surface area contributed by atoms with Gasteiger partial charge in [-0.25, -0.2) is 0 Å². The zero-order chi connectivity index (χ0) is 15.7. The quantitative estimate of drug-likeness (QED) is 0.757. The van der Waals surface area contributed by atoms with Crippen LogP contribution in [-0.4, -0.2) is 10.9 Å². The Balaban J connectivity index is 2.01. The highest BCUT2D eigenvalue weighted by Gasteiger charge is 2.12. The third kappa shape index (κ3) is 2.61. The van der Waals surface area contributed by atoms with E-state index in [0.29, 0.717) is 27.0 Å². The lowest BCUT2D eigenvalue weighted by molar-refractivity contribution is 0.102. The van der Waals surface area contributed by atoms with Gasteiger partial charge in [0.2, 0.25) is 0 Å². The maximum absolute atomic E-state index is 12.4. The number of anilines is 1. The van der Waals surface area contributed by atoms with Crippen LogP contribution in [0.5, 0.6) is 0 Å². The summed E-state index contributed by atoms with van der Waals surface area (Å²) >= 11 is 6.18. The van der Waals surface area contributed by atoms with E-state index < -0.39 is 0 Å². The Morgan fingerprint density at radius 2 is 1.95 bits per heavy atom. The fraction of sp³-hybridized carbons (Fsp3) is 0.0588. The van der Waals surface area contributed by atoms with Crippen molar-refractivity contribution in [2.45, 2.75) is 6.92 Å². The van der Waals surface area contributed by atoms with Gasteiger partial charge in [0.25, 0.3) is 11.5 Å². The standard InChI is InChI=1S/C17H13ClN2O2/c1-10-4-2-3-5-12(10)17(22)20-15-8-11-6-7-19-16(21)13(11)9-14(15)18/h2-9H,1H3,(H,19,21)(H,20,22). The van der Waals surface area contributed by atoms with Crippen LogP contribution in [0.1, 0.15) is 15.9 Å². The number of carbonyl (C=O) groups excluding carboxylic acids is 1. The van der Waals surface area contributed by atoms with E-state index in [1.165, 1.54) is 0 Å². The van der Waals surface area contributed by atoms with E-state index >= 15 is 0 Å². The second-order valence-corrected chi connectivity index (χ2v) is 5.40.